The maximum atomic E-state index is 12.7. The molecule has 170 valence electrons. The lowest BCUT2D eigenvalue weighted by atomic mass is 10.1. The Bertz CT molecular complexity index is 1170. The summed E-state index contributed by atoms with van der Waals surface area (Å²) < 4.78 is 5.03. The number of hydrogen-bond donors (Lipinski definition) is 1. The number of carbonyl (C=O) groups is 2. The van der Waals surface area contributed by atoms with Crippen molar-refractivity contribution in [1.82, 2.24) is 5.32 Å². The number of rotatable bonds is 6. The molecule has 0 spiro atoms. The van der Waals surface area contributed by atoms with Gasteiger partial charge in [0.05, 0.1) is 18.7 Å². The molecule has 33 heavy (non-hydrogen) atoms. The molecule has 3 aromatic rings. The van der Waals surface area contributed by atoms with Gasteiger partial charge in [0.2, 0.25) is 0 Å². The average Bonchev–Trinajstić information content (AvgIpc) is 2.79. The first-order valence-electron chi connectivity index (χ1n) is 9.88. The van der Waals surface area contributed by atoms with Crippen LogP contribution in [0.5, 0.6) is 0 Å². The van der Waals surface area contributed by atoms with Crippen LogP contribution in [-0.2, 0) is 11.3 Å². The van der Waals surface area contributed by atoms with E-state index in [-0.39, 0.29) is 18.3 Å². The Kier molecular flexibility index (Phi) is 8.69. The number of benzene rings is 3. The molecular formula is C24H19Cl3N2O3S. The minimum Gasteiger partial charge on any atom is -0.462 e. The summed E-state index contributed by atoms with van der Waals surface area (Å²) in [6, 6.07) is 18.4. The summed E-state index contributed by atoms with van der Waals surface area (Å²) in [7, 11) is 0. The van der Waals surface area contributed by atoms with E-state index in [0.717, 1.165) is 0 Å². The van der Waals surface area contributed by atoms with E-state index in [1.54, 1.807) is 78.6 Å². The second-order valence-corrected chi connectivity index (χ2v) is 8.46. The Morgan fingerprint density at radius 3 is 2.18 bits per heavy atom. The topological polar surface area (TPSA) is 58.6 Å². The molecule has 0 aliphatic heterocycles. The van der Waals surface area contributed by atoms with Crippen LogP contribution in [0.25, 0.3) is 0 Å². The molecule has 1 N–H and O–H groups in total. The molecule has 0 bridgehead atoms. The zero-order chi connectivity index (χ0) is 24.0. The first-order valence-corrected chi connectivity index (χ1v) is 11.4. The van der Waals surface area contributed by atoms with E-state index in [9.17, 15) is 9.59 Å². The zero-order valence-corrected chi connectivity index (χ0v) is 20.6. The lowest BCUT2D eigenvalue weighted by Crippen LogP contribution is -2.42. The molecule has 0 radical (unpaired) electrons. The number of thiocarbonyl (C=S) groups is 1. The number of esters is 1. The number of amides is 1. The van der Waals surface area contributed by atoms with Crippen LogP contribution in [0.4, 0.5) is 5.69 Å². The second-order valence-electron chi connectivity index (χ2n) is 6.82. The normalized spacial score (nSPS) is 10.4. The predicted octanol–water partition coefficient (Wildman–Crippen LogP) is 6.55. The van der Waals surface area contributed by atoms with Gasteiger partial charge in [-0.05, 0) is 73.7 Å². The summed E-state index contributed by atoms with van der Waals surface area (Å²) in [6.45, 7) is 2.20. The zero-order valence-electron chi connectivity index (χ0n) is 17.5. The summed E-state index contributed by atoms with van der Waals surface area (Å²) in [5.74, 6) is -0.845. The highest BCUT2D eigenvalue weighted by atomic mass is 35.5. The fourth-order valence-electron chi connectivity index (χ4n) is 2.98. The van der Waals surface area contributed by atoms with Crippen LogP contribution >= 0.6 is 47.0 Å². The van der Waals surface area contributed by atoms with Crippen molar-refractivity contribution in [2.45, 2.75) is 13.5 Å². The van der Waals surface area contributed by atoms with Gasteiger partial charge in [-0.1, -0.05) is 46.9 Å². The molecule has 0 aliphatic rings. The Morgan fingerprint density at radius 1 is 0.939 bits per heavy atom. The number of nitrogens with one attached hydrogen (secondary N) is 1. The Labute approximate surface area is 212 Å². The summed E-state index contributed by atoms with van der Waals surface area (Å²) in [5, 5.41) is 4.19. The highest BCUT2D eigenvalue weighted by Gasteiger charge is 2.20. The van der Waals surface area contributed by atoms with Gasteiger partial charge in [0.1, 0.15) is 0 Å². The van der Waals surface area contributed by atoms with Crippen LogP contribution in [0.1, 0.15) is 33.2 Å². The summed E-state index contributed by atoms with van der Waals surface area (Å²) in [6.07, 6.45) is 0. The SMILES string of the molecule is CCOC(=O)c1ccc(N(Cc2c(Cl)cccc2Cl)C(=S)NC(=O)c2cccc(Cl)c2)cc1. The fraction of sp³-hybridized carbons (Fsp3) is 0.125. The van der Waals surface area contributed by atoms with Crippen LogP contribution in [0, 0.1) is 0 Å². The third-order valence-electron chi connectivity index (χ3n) is 4.62. The monoisotopic (exact) mass is 520 g/mol. The second kappa shape index (κ2) is 11.5. The molecule has 0 unspecified atom stereocenters. The molecule has 0 aliphatic carbocycles. The van der Waals surface area contributed by atoms with Crippen molar-refractivity contribution in [2.75, 3.05) is 11.5 Å². The number of anilines is 1. The minimum atomic E-state index is -0.429. The van der Waals surface area contributed by atoms with E-state index in [4.69, 9.17) is 51.8 Å². The van der Waals surface area contributed by atoms with Crippen LogP contribution in [-0.4, -0.2) is 23.6 Å². The number of nitrogens with zero attached hydrogens (tertiary/aromatic N) is 1. The Morgan fingerprint density at radius 2 is 1.58 bits per heavy atom. The predicted molar refractivity (Wildman–Crippen MR) is 137 cm³/mol. The quantitative estimate of drug-likeness (QED) is 0.295. The van der Waals surface area contributed by atoms with Gasteiger partial charge in [0.25, 0.3) is 5.91 Å². The largest absolute Gasteiger partial charge is 0.462 e. The molecule has 0 heterocycles. The van der Waals surface area contributed by atoms with Crippen LogP contribution < -0.4 is 10.2 Å². The third kappa shape index (κ3) is 6.45. The van der Waals surface area contributed by atoms with Crippen molar-refractivity contribution in [3.05, 3.63) is 98.5 Å². The van der Waals surface area contributed by atoms with E-state index in [1.165, 1.54) is 0 Å². The molecule has 0 fully saturated rings. The molecule has 3 aromatic carbocycles. The van der Waals surface area contributed by atoms with E-state index in [0.29, 0.717) is 37.4 Å². The van der Waals surface area contributed by atoms with Crippen LogP contribution in [0.15, 0.2) is 66.7 Å². The minimum absolute atomic E-state index is 0.125. The van der Waals surface area contributed by atoms with Crippen molar-refractivity contribution < 1.29 is 14.3 Å². The first-order chi connectivity index (χ1) is 15.8. The Hall–Kier alpha value is -2.64. The third-order valence-corrected chi connectivity index (χ3v) is 5.89. The smallest absolute Gasteiger partial charge is 0.338 e. The van der Waals surface area contributed by atoms with Gasteiger partial charge < -0.3 is 9.64 Å². The van der Waals surface area contributed by atoms with Crippen molar-refractivity contribution in [2.24, 2.45) is 0 Å². The standard InChI is InChI=1S/C24H19Cl3N2O3S/c1-2-32-23(31)15-9-11-18(12-10-15)29(14-19-20(26)7-4-8-21(19)27)24(33)28-22(30)16-5-3-6-17(25)13-16/h3-13H,2,14H2,1H3,(H,28,30,33). The maximum absolute atomic E-state index is 12.7. The lowest BCUT2D eigenvalue weighted by molar-refractivity contribution is 0.0526. The molecule has 0 aromatic heterocycles. The summed E-state index contributed by atoms with van der Waals surface area (Å²) in [5.41, 5.74) is 2.01. The fourth-order valence-corrected chi connectivity index (χ4v) is 3.95. The van der Waals surface area contributed by atoms with Crippen molar-refractivity contribution in [3.63, 3.8) is 0 Å². The van der Waals surface area contributed by atoms with Crippen LogP contribution in [0.2, 0.25) is 15.1 Å². The van der Waals surface area contributed by atoms with E-state index in [2.05, 4.69) is 5.32 Å². The molecule has 0 atom stereocenters. The van der Waals surface area contributed by atoms with E-state index >= 15 is 0 Å². The van der Waals surface area contributed by atoms with E-state index < -0.39 is 11.9 Å². The van der Waals surface area contributed by atoms with Gasteiger partial charge in [-0.25, -0.2) is 4.79 Å². The van der Waals surface area contributed by atoms with Crippen molar-refractivity contribution >= 4 is 69.7 Å². The van der Waals surface area contributed by atoms with Gasteiger partial charge in [0.15, 0.2) is 5.11 Å². The molecule has 9 heteroatoms. The molecular weight excluding hydrogens is 503 g/mol. The van der Waals surface area contributed by atoms with Crippen LogP contribution in [0.3, 0.4) is 0 Å². The maximum Gasteiger partial charge on any atom is 0.338 e. The van der Waals surface area contributed by atoms with Crippen molar-refractivity contribution in [3.8, 4) is 0 Å². The van der Waals surface area contributed by atoms with Gasteiger partial charge in [-0.3, -0.25) is 10.1 Å². The number of carbonyl (C=O) groups excluding carboxylic acids is 2. The number of halogens is 3. The molecule has 1 amide bonds. The van der Waals surface area contributed by atoms with Crippen molar-refractivity contribution in [1.29, 1.82) is 0 Å². The molecule has 5 nitrogen and oxygen atoms in total. The highest BCUT2D eigenvalue weighted by molar-refractivity contribution is 7.80. The van der Waals surface area contributed by atoms with Gasteiger partial charge in [0, 0.05) is 31.9 Å². The summed E-state index contributed by atoms with van der Waals surface area (Å²) >= 11 is 24.3. The van der Waals surface area contributed by atoms with Gasteiger partial charge in [-0.2, -0.15) is 0 Å². The molecule has 0 saturated heterocycles. The molecule has 0 saturated carbocycles. The first kappa shape index (κ1) is 25.0. The number of hydrogen-bond acceptors (Lipinski definition) is 4. The van der Waals surface area contributed by atoms with E-state index in [1.807, 2.05) is 0 Å². The summed E-state index contributed by atoms with van der Waals surface area (Å²) in [4.78, 5) is 26.4. The highest BCUT2D eigenvalue weighted by Crippen LogP contribution is 2.28. The van der Waals surface area contributed by atoms with Gasteiger partial charge in [-0.15, -0.1) is 0 Å². The molecule has 3 rings (SSSR count). The number of ether oxygens (including phenoxy) is 1. The van der Waals surface area contributed by atoms with Gasteiger partial charge >= 0.3 is 5.97 Å². The Balaban J connectivity index is 1.92. The lowest BCUT2D eigenvalue weighted by Gasteiger charge is -2.26. The average molecular weight is 522 g/mol.